The predicted molar refractivity (Wildman–Crippen MR) is 143 cm³/mol. The van der Waals surface area contributed by atoms with Crippen LogP contribution in [0.4, 0.5) is 5.69 Å². The van der Waals surface area contributed by atoms with Crippen LogP contribution in [0.1, 0.15) is 29.2 Å². The number of nitrogens with zero attached hydrogens (tertiary/aromatic N) is 4. The molecule has 0 bridgehead atoms. The van der Waals surface area contributed by atoms with E-state index in [0.29, 0.717) is 31.7 Å². The maximum atomic E-state index is 13.2. The highest BCUT2D eigenvalue weighted by Gasteiger charge is 2.27. The fourth-order valence-electron chi connectivity index (χ4n) is 3.95. The zero-order chi connectivity index (χ0) is 23.8. The predicted octanol–water partition coefficient (Wildman–Crippen LogP) is 2.63. The number of anilines is 1. The molecule has 2 aromatic rings. The van der Waals surface area contributed by atoms with Crippen molar-refractivity contribution >= 4 is 42.3 Å². The van der Waals surface area contributed by atoms with Gasteiger partial charge in [-0.3, -0.25) is 14.6 Å². The number of amides is 2. The van der Waals surface area contributed by atoms with Crippen molar-refractivity contribution < 1.29 is 9.59 Å². The highest BCUT2D eigenvalue weighted by Crippen LogP contribution is 2.24. The van der Waals surface area contributed by atoms with Crippen molar-refractivity contribution in [2.45, 2.75) is 26.9 Å². The van der Waals surface area contributed by atoms with Gasteiger partial charge in [-0.05, 0) is 48.4 Å². The molecule has 35 heavy (non-hydrogen) atoms. The minimum absolute atomic E-state index is 0. The monoisotopic (exact) mass is 520 g/mol. The number of likely N-dealkylation sites (N-methyl/N-ethyl adjacent to an activating group) is 2. The maximum absolute atomic E-state index is 13.2. The molecule has 1 heterocycles. The summed E-state index contributed by atoms with van der Waals surface area (Å²) in [4.78, 5) is 27.6. The topological polar surface area (TPSA) is 91.7 Å². The van der Waals surface area contributed by atoms with Gasteiger partial charge in [0.15, 0.2) is 0 Å². The summed E-state index contributed by atoms with van der Waals surface area (Å²) in [5.74, 6) is -0.257. The fourth-order valence-corrected chi connectivity index (χ4v) is 3.95. The highest BCUT2D eigenvalue weighted by atomic mass is 35.5. The molecule has 0 saturated heterocycles. The lowest BCUT2D eigenvalue weighted by Crippen LogP contribution is -2.48. The molecule has 3 rings (SSSR count). The van der Waals surface area contributed by atoms with Gasteiger partial charge in [0.25, 0.3) is 5.91 Å². The Bertz CT molecular complexity index is 1020. The summed E-state index contributed by atoms with van der Waals surface area (Å²) in [6.07, 6.45) is 0. The standard InChI is InChI=1S/C25H32N6O2.2ClH/c1-4-27-11-12-28-24(32)17-30(23-10-9-20(14-26)13-19(23)2)18-25(33)29(3)31-15-21-7-5-6-8-22(21)16-31;;/h5-10,13,27H,4,11-12,15-18H2,1-3H3,(H,28,32);2*1H. The quantitative estimate of drug-likeness (QED) is 0.468. The number of hydrogen-bond acceptors (Lipinski definition) is 6. The van der Waals surface area contributed by atoms with Crippen molar-refractivity contribution in [3.8, 4) is 6.07 Å². The molecule has 190 valence electrons. The fraction of sp³-hybridized carbons (Fsp3) is 0.400. The van der Waals surface area contributed by atoms with Crippen molar-refractivity contribution in [1.82, 2.24) is 20.7 Å². The van der Waals surface area contributed by atoms with E-state index in [1.807, 2.05) is 31.0 Å². The number of benzene rings is 2. The Hall–Kier alpha value is -2.83. The van der Waals surface area contributed by atoms with Crippen LogP contribution in [0.5, 0.6) is 0 Å². The Morgan fingerprint density at radius 2 is 1.71 bits per heavy atom. The van der Waals surface area contributed by atoms with Gasteiger partial charge in [0.05, 0.1) is 24.7 Å². The molecule has 2 aromatic carbocycles. The van der Waals surface area contributed by atoms with Gasteiger partial charge in [-0.1, -0.05) is 31.2 Å². The van der Waals surface area contributed by atoms with E-state index in [2.05, 4.69) is 28.8 Å². The van der Waals surface area contributed by atoms with Crippen LogP contribution in [-0.2, 0) is 22.7 Å². The van der Waals surface area contributed by atoms with Gasteiger partial charge in [0, 0.05) is 38.9 Å². The lowest BCUT2D eigenvalue weighted by atomic mass is 10.1. The van der Waals surface area contributed by atoms with Gasteiger partial charge in [-0.25, -0.2) is 5.01 Å². The molecule has 0 aromatic heterocycles. The van der Waals surface area contributed by atoms with Gasteiger partial charge >= 0.3 is 0 Å². The second-order valence-electron chi connectivity index (χ2n) is 8.18. The van der Waals surface area contributed by atoms with Gasteiger partial charge in [0.1, 0.15) is 0 Å². The summed E-state index contributed by atoms with van der Waals surface area (Å²) in [7, 11) is 1.77. The molecule has 0 saturated carbocycles. The molecule has 8 nitrogen and oxygen atoms in total. The van der Waals surface area contributed by atoms with E-state index in [4.69, 9.17) is 0 Å². The zero-order valence-electron chi connectivity index (χ0n) is 20.4. The molecule has 0 unspecified atom stereocenters. The highest BCUT2D eigenvalue weighted by molar-refractivity contribution is 5.87. The van der Waals surface area contributed by atoms with E-state index in [9.17, 15) is 14.9 Å². The Morgan fingerprint density at radius 1 is 1.06 bits per heavy atom. The van der Waals surface area contributed by atoms with E-state index < -0.39 is 0 Å². The smallest absolute Gasteiger partial charge is 0.256 e. The molecule has 10 heteroatoms. The minimum Gasteiger partial charge on any atom is -0.353 e. The number of hydrazine groups is 1. The average molecular weight is 521 g/mol. The van der Waals surface area contributed by atoms with E-state index in [-0.39, 0.29) is 49.7 Å². The molecule has 0 radical (unpaired) electrons. The molecule has 0 atom stereocenters. The van der Waals surface area contributed by atoms with E-state index in [0.717, 1.165) is 17.8 Å². The summed E-state index contributed by atoms with van der Waals surface area (Å²) in [6.45, 7) is 7.42. The molecular formula is C25H34Cl2N6O2. The van der Waals surface area contributed by atoms with E-state index in [1.165, 1.54) is 11.1 Å². The van der Waals surface area contributed by atoms with Crippen LogP contribution in [0, 0.1) is 18.3 Å². The molecule has 0 aliphatic carbocycles. The number of carbonyl (C=O) groups is 2. The maximum Gasteiger partial charge on any atom is 0.256 e. The van der Waals surface area contributed by atoms with E-state index in [1.54, 1.807) is 35.2 Å². The number of carbonyl (C=O) groups excluding carboxylic acids is 2. The van der Waals surface area contributed by atoms with Crippen molar-refractivity contribution in [2.75, 3.05) is 44.7 Å². The number of fused-ring (bicyclic) bond motifs is 1. The van der Waals surface area contributed by atoms with Crippen molar-refractivity contribution in [3.63, 3.8) is 0 Å². The first-order valence-corrected chi connectivity index (χ1v) is 11.2. The summed E-state index contributed by atoms with van der Waals surface area (Å²) < 4.78 is 0. The van der Waals surface area contributed by atoms with Gasteiger partial charge in [-0.2, -0.15) is 5.26 Å². The van der Waals surface area contributed by atoms with Crippen molar-refractivity contribution in [1.29, 1.82) is 5.26 Å². The lowest BCUT2D eigenvalue weighted by Gasteiger charge is -2.32. The lowest BCUT2D eigenvalue weighted by molar-refractivity contribution is -0.145. The Morgan fingerprint density at radius 3 is 2.29 bits per heavy atom. The third-order valence-electron chi connectivity index (χ3n) is 5.81. The van der Waals surface area contributed by atoms with Crippen LogP contribution in [0.15, 0.2) is 42.5 Å². The Kier molecular flexibility index (Phi) is 12.5. The second kappa shape index (κ2) is 14.5. The van der Waals surface area contributed by atoms with Crippen molar-refractivity contribution in [3.05, 3.63) is 64.7 Å². The molecule has 0 spiro atoms. The van der Waals surface area contributed by atoms with Crippen LogP contribution in [0.3, 0.4) is 0 Å². The van der Waals surface area contributed by atoms with Crippen LogP contribution < -0.4 is 15.5 Å². The molecule has 0 fully saturated rings. The van der Waals surface area contributed by atoms with Crippen LogP contribution in [0.25, 0.3) is 0 Å². The normalized spacial score (nSPS) is 11.9. The van der Waals surface area contributed by atoms with Gasteiger partial charge < -0.3 is 15.5 Å². The average Bonchev–Trinajstić information content (AvgIpc) is 3.25. The summed E-state index contributed by atoms with van der Waals surface area (Å²) in [5.41, 5.74) is 4.60. The summed E-state index contributed by atoms with van der Waals surface area (Å²) in [6, 6.07) is 15.6. The number of nitrogens with one attached hydrogen (secondary N) is 2. The number of nitriles is 1. The Labute approximate surface area is 220 Å². The molecular weight excluding hydrogens is 487 g/mol. The largest absolute Gasteiger partial charge is 0.353 e. The summed E-state index contributed by atoms with van der Waals surface area (Å²) in [5, 5.41) is 18.9. The number of hydrogen-bond donors (Lipinski definition) is 2. The van der Waals surface area contributed by atoms with Crippen LogP contribution in [0.2, 0.25) is 0 Å². The van der Waals surface area contributed by atoms with Gasteiger partial charge in [0.2, 0.25) is 5.91 Å². The molecule has 1 aliphatic rings. The first-order valence-electron chi connectivity index (χ1n) is 11.2. The van der Waals surface area contributed by atoms with E-state index >= 15 is 0 Å². The molecule has 2 N–H and O–H groups in total. The number of aryl methyl sites for hydroxylation is 1. The first kappa shape index (κ1) is 30.2. The minimum atomic E-state index is -0.152. The third kappa shape index (κ3) is 8.11. The van der Waals surface area contributed by atoms with Gasteiger partial charge in [-0.15, -0.1) is 24.8 Å². The SMILES string of the molecule is CCNCCNC(=O)CN(CC(=O)N(C)N1Cc2ccccc2C1)c1ccc(C#N)cc1C.Cl.Cl. The number of rotatable bonds is 10. The molecule has 1 aliphatic heterocycles. The second-order valence-corrected chi connectivity index (χ2v) is 8.18. The number of halogens is 2. The first-order chi connectivity index (χ1) is 15.9. The third-order valence-corrected chi connectivity index (χ3v) is 5.81. The van der Waals surface area contributed by atoms with Crippen LogP contribution >= 0.6 is 24.8 Å². The van der Waals surface area contributed by atoms with Crippen LogP contribution in [-0.4, -0.2) is 61.6 Å². The Balaban J connectivity index is 0.00000306. The van der Waals surface area contributed by atoms with Crippen molar-refractivity contribution in [2.24, 2.45) is 0 Å². The molecule has 2 amide bonds. The summed E-state index contributed by atoms with van der Waals surface area (Å²) >= 11 is 0. The zero-order valence-corrected chi connectivity index (χ0v) is 22.0.